The Hall–Kier alpha value is -2.95. The molecule has 0 radical (unpaired) electrons. The number of carbonyl (C=O) groups excluding carboxylic acids is 2. The third-order valence-electron chi connectivity index (χ3n) is 7.34. The van der Waals surface area contributed by atoms with Crippen molar-refractivity contribution in [2.24, 2.45) is 16.8 Å². The van der Waals surface area contributed by atoms with E-state index in [0.29, 0.717) is 35.8 Å². The fourth-order valence-electron chi connectivity index (χ4n) is 5.79. The van der Waals surface area contributed by atoms with Crippen LogP contribution in [0.25, 0.3) is 6.08 Å². The van der Waals surface area contributed by atoms with Crippen molar-refractivity contribution in [2.75, 3.05) is 6.61 Å². The van der Waals surface area contributed by atoms with Gasteiger partial charge in [0, 0.05) is 35.2 Å². The molecule has 1 aromatic rings. The molecule has 5 heteroatoms. The molecule has 2 atom stereocenters. The van der Waals surface area contributed by atoms with Gasteiger partial charge in [-0.3, -0.25) is 9.79 Å². The molecule has 0 spiro atoms. The van der Waals surface area contributed by atoms with Crippen LogP contribution in [0, 0.1) is 11.8 Å². The number of rotatable bonds is 5. The molecular formula is C28H31NO4. The third kappa shape index (κ3) is 4.09. The van der Waals surface area contributed by atoms with Gasteiger partial charge in [0.15, 0.2) is 5.78 Å². The van der Waals surface area contributed by atoms with Gasteiger partial charge in [0.25, 0.3) is 0 Å². The number of carbonyl (C=O) groups is 2. The molecule has 3 aliphatic carbocycles. The van der Waals surface area contributed by atoms with E-state index in [-0.39, 0.29) is 17.7 Å². The number of allylic oxidation sites excluding steroid dienone is 6. The molecule has 0 aromatic carbocycles. The standard InChI is InChI=1S/C28H31NO4/c1-3-32-28(31)24-17(2)29-22-16-20(27(30)26(22)25(24)19-11-7-8-12-19)15-21-13-14-23(33-21)18-9-5-4-6-10-18/h7-8,11,13-15,18,25-26H,3-6,9-10,12,16H2,1-2H3/b20-15-. The lowest BCUT2D eigenvalue weighted by atomic mass is 9.75. The maximum absolute atomic E-state index is 13.6. The zero-order valence-electron chi connectivity index (χ0n) is 19.4. The number of furan rings is 1. The van der Waals surface area contributed by atoms with E-state index < -0.39 is 5.92 Å². The maximum Gasteiger partial charge on any atom is 0.336 e. The molecule has 2 heterocycles. The molecule has 0 saturated heterocycles. The quantitative estimate of drug-likeness (QED) is 0.406. The van der Waals surface area contributed by atoms with Gasteiger partial charge in [0.2, 0.25) is 0 Å². The number of hydrogen-bond acceptors (Lipinski definition) is 5. The Morgan fingerprint density at radius 3 is 2.76 bits per heavy atom. The van der Waals surface area contributed by atoms with Crippen molar-refractivity contribution in [3.05, 3.63) is 64.3 Å². The van der Waals surface area contributed by atoms with E-state index in [1.165, 1.54) is 32.1 Å². The van der Waals surface area contributed by atoms with Crippen LogP contribution in [-0.4, -0.2) is 24.1 Å². The Morgan fingerprint density at radius 2 is 2.03 bits per heavy atom. The second kappa shape index (κ2) is 9.12. The summed E-state index contributed by atoms with van der Waals surface area (Å²) in [6, 6.07) is 4.04. The highest BCUT2D eigenvalue weighted by molar-refractivity contribution is 6.24. The average molecular weight is 446 g/mol. The van der Waals surface area contributed by atoms with Gasteiger partial charge >= 0.3 is 5.97 Å². The fraction of sp³-hybridized carbons (Fsp3) is 0.464. The largest absolute Gasteiger partial charge is 0.463 e. The van der Waals surface area contributed by atoms with Crippen molar-refractivity contribution in [2.45, 2.75) is 64.7 Å². The first-order valence-corrected chi connectivity index (χ1v) is 12.2. The van der Waals surface area contributed by atoms with Crippen LogP contribution in [0.1, 0.15) is 76.2 Å². The Bertz CT molecular complexity index is 1120. The van der Waals surface area contributed by atoms with E-state index in [9.17, 15) is 9.59 Å². The monoisotopic (exact) mass is 445 g/mol. The number of ether oxygens (including phenoxy) is 1. The van der Waals surface area contributed by atoms with Crippen LogP contribution in [-0.2, 0) is 14.3 Å². The van der Waals surface area contributed by atoms with E-state index in [2.05, 4.69) is 12.1 Å². The van der Waals surface area contributed by atoms with E-state index in [1.54, 1.807) is 6.92 Å². The first-order chi connectivity index (χ1) is 16.1. The number of nitrogens with zero attached hydrogens (tertiary/aromatic N) is 1. The summed E-state index contributed by atoms with van der Waals surface area (Å²) >= 11 is 0. The lowest BCUT2D eigenvalue weighted by molar-refractivity contribution is -0.139. The topological polar surface area (TPSA) is 68.9 Å². The molecule has 5 rings (SSSR count). The fourth-order valence-corrected chi connectivity index (χ4v) is 5.79. The summed E-state index contributed by atoms with van der Waals surface area (Å²) in [4.78, 5) is 31.2. The average Bonchev–Trinajstić information content (AvgIpc) is 3.56. The molecule has 0 bridgehead atoms. The van der Waals surface area contributed by atoms with Gasteiger partial charge in [0.1, 0.15) is 11.5 Å². The van der Waals surface area contributed by atoms with Gasteiger partial charge in [0.05, 0.1) is 18.1 Å². The summed E-state index contributed by atoms with van der Waals surface area (Å²) in [7, 11) is 0. The molecule has 0 amide bonds. The molecule has 1 aromatic heterocycles. The SMILES string of the molecule is CCOC(=O)C1=C(C)N=C2C/C(=C/c3ccc(C4CCCCC4)o3)C(=O)C2C1C1=CC=CC1. The van der Waals surface area contributed by atoms with Crippen molar-refractivity contribution in [3.8, 4) is 0 Å². The second-order valence-electron chi connectivity index (χ2n) is 9.44. The minimum absolute atomic E-state index is 0.0384. The maximum atomic E-state index is 13.6. The van der Waals surface area contributed by atoms with Crippen LogP contribution in [0.3, 0.4) is 0 Å². The summed E-state index contributed by atoms with van der Waals surface area (Å²) in [6.07, 6.45) is 15.3. The molecule has 172 valence electrons. The van der Waals surface area contributed by atoms with Crippen molar-refractivity contribution in [3.63, 3.8) is 0 Å². The molecule has 0 N–H and O–H groups in total. The van der Waals surface area contributed by atoms with Crippen LogP contribution in [0.2, 0.25) is 0 Å². The van der Waals surface area contributed by atoms with E-state index in [1.807, 2.05) is 31.2 Å². The third-order valence-corrected chi connectivity index (χ3v) is 7.34. The molecule has 2 unspecified atom stereocenters. The Kier molecular flexibility index (Phi) is 6.05. The van der Waals surface area contributed by atoms with Gasteiger partial charge in [-0.2, -0.15) is 0 Å². The van der Waals surface area contributed by atoms with Crippen LogP contribution in [0.4, 0.5) is 0 Å². The van der Waals surface area contributed by atoms with E-state index in [0.717, 1.165) is 29.2 Å². The predicted octanol–water partition coefficient (Wildman–Crippen LogP) is 6.09. The highest BCUT2D eigenvalue weighted by Crippen LogP contribution is 2.45. The van der Waals surface area contributed by atoms with Crippen LogP contribution >= 0.6 is 0 Å². The number of fused-ring (bicyclic) bond motifs is 1. The van der Waals surface area contributed by atoms with Crippen molar-refractivity contribution >= 4 is 23.5 Å². The van der Waals surface area contributed by atoms with Gasteiger partial charge in [-0.05, 0) is 51.3 Å². The van der Waals surface area contributed by atoms with Crippen molar-refractivity contribution in [1.29, 1.82) is 0 Å². The van der Waals surface area contributed by atoms with Gasteiger partial charge in [-0.1, -0.05) is 43.1 Å². The smallest absolute Gasteiger partial charge is 0.336 e. The number of esters is 1. The molecule has 33 heavy (non-hydrogen) atoms. The van der Waals surface area contributed by atoms with Crippen molar-refractivity contribution in [1.82, 2.24) is 0 Å². The van der Waals surface area contributed by atoms with Crippen LogP contribution < -0.4 is 0 Å². The first-order valence-electron chi connectivity index (χ1n) is 12.2. The summed E-state index contributed by atoms with van der Waals surface area (Å²) < 4.78 is 11.5. The van der Waals surface area contributed by atoms with Gasteiger partial charge in [-0.15, -0.1) is 0 Å². The number of ketones is 1. The van der Waals surface area contributed by atoms with Crippen LogP contribution in [0.15, 0.2) is 62.2 Å². The molecule has 2 saturated carbocycles. The molecule has 5 nitrogen and oxygen atoms in total. The first kappa shape index (κ1) is 21.9. The Balaban J connectivity index is 1.45. The highest BCUT2D eigenvalue weighted by atomic mass is 16.5. The van der Waals surface area contributed by atoms with E-state index >= 15 is 0 Å². The van der Waals surface area contributed by atoms with Gasteiger partial charge < -0.3 is 9.15 Å². The Labute approximate surface area is 195 Å². The van der Waals surface area contributed by atoms with Crippen molar-refractivity contribution < 1.29 is 18.7 Å². The zero-order valence-corrected chi connectivity index (χ0v) is 19.4. The lowest BCUT2D eigenvalue weighted by Crippen LogP contribution is -2.34. The predicted molar refractivity (Wildman–Crippen MR) is 128 cm³/mol. The zero-order chi connectivity index (χ0) is 22.9. The van der Waals surface area contributed by atoms with Gasteiger partial charge in [-0.25, -0.2) is 4.79 Å². The number of Topliss-reactive ketones (excluding diaryl/α,β-unsaturated/α-hetero) is 1. The molecule has 4 aliphatic rings. The van der Waals surface area contributed by atoms with Crippen LogP contribution in [0.5, 0.6) is 0 Å². The lowest BCUT2D eigenvalue weighted by Gasteiger charge is -2.30. The minimum atomic E-state index is -0.446. The molecular weight excluding hydrogens is 414 g/mol. The summed E-state index contributed by atoms with van der Waals surface area (Å²) in [5.41, 5.74) is 3.80. The number of aliphatic imine (C=N–C) groups is 1. The number of hydrogen-bond donors (Lipinski definition) is 0. The Morgan fingerprint density at radius 1 is 1.21 bits per heavy atom. The highest BCUT2D eigenvalue weighted by Gasteiger charge is 2.48. The summed E-state index contributed by atoms with van der Waals surface area (Å²) in [6.45, 7) is 3.94. The summed E-state index contributed by atoms with van der Waals surface area (Å²) in [5, 5.41) is 0. The van der Waals surface area contributed by atoms with E-state index in [4.69, 9.17) is 14.1 Å². The minimum Gasteiger partial charge on any atom is -0.463 e. The normalized spacial score (nSPS) is 26.6. The molecule has 1 aliphatic heterocycles. The summed E-state index contributed by atoms with van der Waals surface area (Å²) in [5.74, 6) is 1.15. The molecule has 2 fully saturated rings. The second-order valence-corrected chi connectivity index (χ2v) is 9.44.